The molecule has 1 aromatic carbocycles. The summed E-state index contributed by atoms with van der Waals surface area (Å²) in [6.45, 7) is 7.11. The van der Waals surface area contributed by atoms with Gasteiger partial charge in [0.25, 0.3) is 0 Å². The molecule has 1 aromatic rings. The van der Waals surface area contributed by atoms with Crippen molar-refractivity contribution in [1.82, 2.24) is 9.80 Å². The molecule has 3 nitrogen and oxygen atoms in total. The van der Waals surface area contributed by atoms with Crippen molar-refractivity contribution in [2.45, 2.75) is 32.2 Å². The third-order valence-corrected chi connectivity index (χ3v) is 4.36. The van der Waals surface area contributed by atoms with Gasteiger partial charge in [0.05, 0.1) is 0 Å². The lowest BCUT2D eigenvalue weighted by atomic mass is 10.0. The number of likely N-dealkylation sites (tertiary alicyclic amines) is 1. The molecule has 1 saturated heterocycles. The molecule has 106 valence electrons. The van der Waals surface area contributed by atoms with Crippen LogP contribution in [0.25, 0.3) is 0 Å². The molecule has 0 unspecified atom stereocenters. The number of nitrogen functional groups attached to an aromatic ring is 1. The number of nitrogens with two attached hydrogens (primary N) is 1. The fourth-order valence-corrected chi connectivity index (χ4v) is 2.85. The Morgan fingerprint density at radius 1 is 1.21 bits per heavy atom. The normalized spacial score (nSPS) is 18.1. The van der Waals surface area contributed by atoms with E-state index >= 15 is 0 Å². The van der Waals surface area contributed by atoms with Crippen LogP contribution in [0.2, 0.25) is 0 Å². The van der Waals surface area contributed by atoms with E-state index < -0.39 is 0 Å². The lowest BCUT2D eigenvalue weighted by Crippen LogP contribution is -2.43. The lowest BCUT2D eigenvalue weighted by Gasteiger charge is -2.36. The SMILES string of the molecule is CCN1CCC(N(C)CCc2ccc(N)cc2)CC1. The van der Waals surface area contributed by atoms with Crippen LogP contribution in [0.4, 0.5) is 5.69 Å². The average molecular weight is 261 g/mol. The van der Waals surface area contributed by atoms with Gasteiger partial charge in [0, 0.05) is 18.3 Å². The lowest BCUT2D eigenvalue weighted by molar-refractivity contribution is 0.132. The van der Waals surface area contributed by atoms with Crippen LogP contribution in [0.5, 0.6) is 0 Å². The van der Waals surface area contributed by atoms with Crippen LogP contribution in [0.15, 0.2) is 24.3 Å². The Kier molecular flexibility index (Phi) is 5.23. The molecule has 0 amide bonds. The predicted molar refractivity (Wildman–Crippen MR) is 82.3 cm³/mol. The number of nitrogens with zero attached hydrogens (tertiary/aromatic N) is 2. The summed E-state index contributed by atoms with van der Waals surface area (Å²) in [5, 5.41) is 0. The maximum atomic E-state index is 5.71. The molecule has 2 N–H and O–H groups in total. The minimum atomic E-state index is 0.761. The molecule has 0 radical (unpaired) electrons. The van der Waals surface area contributed by atoms with Gasteiger partial charge in [-0.3, -0.25) is 0 Å². The van der Waals surface area contributed by atoms with E-state index in [0.717, 1.165) is 24.7 Å². The molecule has 3 heteroatoms. The quantitative estimate of drug-likeness (QED) is 0.825. The molecule has 1 aliphatic heterocycles. The van der Waals surface area contributed by atoms with Crippen LogP contribution in [0, 0.1) is 0 Å². The smallest absolute Gasteiger partial charge is 0.0314 e. The maximum Gasteiger partial charge on any atom is 0.0314 e. The standard InChI is InChI=1S/C16H27N3/c1-3-19-12-9-16(10-13-19)18(2)11-8-14-4-6-15(17)7-5-14/h4-7,16H,3,8-13,17H2,1-2H3. The first-order valence-corrected chi connectivity index (χ1v) is 7.46. The van der Waals surface area contributed by atoms with E-state index in [0.29, 0.717) is 0 Å². The van der Waals surface area contributed by atoms with Gasteiger partial charge in [0.15, 0.2) is 0 Å². The summed E-state index contributed by atoms with van der Waals surface area (Å²) in [6, 6.07) is 9.03. The van der Waals surface area contributed by atoms with Crippen molar-refractivity contribution in [1.29, 1.82) is 0 Å². The molecule has 0 aliphatic carbocycles. The second kappa shape index (κ2) is 6.92. The number of rotatable bonds is 5. The highest BCUT2D eigenvalue weighted by Crippen LogP contribution is 2.15. The first-order valence-electron chi connectivity index (χ1n) is 7.46. The molecule has 1 aliphatic rings. The number of hydrogen-bond donors (Lipinski definition) is 1. The zero-order valence-corrected chi connectivity index (χ0v) is 12.3. The Balaban J connectivity index is 1.75. The zero-order valence-electron chi connectivity index (χ0n) is 12.3. The highest BCUT2D eigenvalue weighted by molar-refractivity contribution is 5.39. The maximum absolute atomic E-state index is 5.71. The van der Waals surface area contributed by atoms with E-state index in [1.807, 2.05) is 12.1 Å². The van der Waals surface area contributed by atoms with Gasteiger partial charge in [-0.2, -0.15) is 0 Å². The van der Waals surface area contributed by atoms with E-state index in [-0.39, 0.29) is 0 Å². The molecular weight excluding hydrogens is 234 g/mol. The first kappa shape index (κ1) is 14.4. The van der Waals surface area contributed by atoms with E-state index in [2.05, 4.69) is 35.9 Å². The molecule has 2 rings (SSSR count). The Morgan fingerprint density at radius 3 is 2.42 bits per heavy atom. The number of anilines is 1. The Morgan fingerprint density at radius 2 is 1.84 bits per heavy atom. The molecule has 0 saturated carbocycles. The zero-order chi connectivity index (χ0) is 13.7. The fraction of sp³-hybridized carbons (Fsp3) is 0.625. The fourth-order valence-electron chi connectivity index (χ4n) is 2.85. The average Bonchev–Trinajstić information content (AvgIpc) is 2.46. The number of benzene rings is 1. The van der Waals surface area contributed by atoms with Crippen LogP contribution >= 0.6 is 0 Å². The Hall–Kier alpha value is -1.06. The second-order valence-corrected chi connectivity index (χ2v) is 5.64. The third kappa shape index (κ3) is 4.22. The highest BCUT2D eigenvalue weighted by atomic mass is 15.2. The molecule has 0 bridgehead atoms. The van der Waals surface area contributed by atoms with Gasteiger partial charge in [-0.1, -0.05) is 19.1 Å². The first-order chi connectivity index (χ1) is 9.19. The molecule has 0 atom stereocenters. The van der Waals surface area contributed by atoms with Gasteiger partial charge < -0.3 is 15.5 Å². The van der Waals surface area contributed by atoms with Crippen molar-refractivity contribution in [2.75, 3.05) is 39.0 Å². The summed E-state index contributed by atoms with van der Waals surface area (Å²) >= 11 is 0. The molecule has 1 fully saturated rings. The van der Waals surface area contributed by atoms with Crippen molar-refractivity contribution in [3.8, 4) is 0 Å². The monoisotopic (exact) mass is 261 g/mol. The number of piperidine rings is 1. The van der Waals surface area contributed by atoms with Crippen LogP contribution in [-0.2, 0) is 6.42 Å². The van der Waals surface area contributed by atoms with Crippen molar-refractivity contribution in [3.05, 3.63) is 29.8 Å². The van der Waals surface area contributed by atoms with Gasteiger partial charge in [0.1, 0.15) is 0 Å². The van der Waals surface area contributed by atoms with Crippen molar-refractivity contribution in [3.63, 3.8) is 0 Å². The van der Waals surface area contributed by atoms with Crippen LogP contribution < -0.4 is 5.73 Å². The summed E-state index contributed by atoms with van der Waals surface area (Å²) in [4.78, 5) is 5.08. The van der Waals surface area contributed by atoms with Gasteiger partial charge in [-0.25, -0.2) is 0 Å². The van der Waals surface area contributed by atoms with E-state index in [1.54, 1.807) is 0 Å². The molecule has 1 heterocycles. The van der Waals surface area contributed by atoms with Crippen LogP contribution in [0.1, 0.15) is 25.3 Å². The van der Waals surface area contributed by atoms with Crippen molar-refractivity contribution < 1.29 is 0 Å². The number of likely N-dealkylation sites (N-methyl/N-ethyl adjacent to an activating group) is 1. The number of hydrogen-bond acceptors (Lipinski definition) is 3. The van der Waals surface area contributed by atoms with Gasteiger partial charge in [-0.15, -0.1) is 0 Å². The summed E-state index contributed by atoms with van der Waals surface area (Å²) in [5.74, 6) is 0. The van der Waals surface area contributed by atoms with Gasteiger partial charge >= 0.3 is 0 Å². The minimum absolute atomic E-state index is 0.761. The van der Waals surface area contributed by atoms with E-state index in [4.69, 9.17) is 5.73 Å². The van der Waals surface area contributed by atoms with Crippen molar-refractivity contribution in [2.24, 2.45) is 0 Å². The Labute approximate surface area is 117 Å². The van der Waals surface area contributed by atoms with E-state index in [9.17, 15) is 0 Å². The second-order valence-electron chi connectivity index (χ2n) is 5.64. The summed E-state index contributed by atoms with van der Waals surface area (Å²) in [6.07, 6.45) is 3.74. The minimum Gasteiger partial charge on any atom is -0.399 e. The third-order valence-electron chi connectivity index (χ3n) is 4.36. The molecular formula is C16H27N3. The molecule has 19 heavy (non-hydrogen) atoms. The molecule has 0 aromatic heterocycles. The summed E-state index contributed by atoms with van der Waals surface area (Å²) in [7, 11) is 2.27. The van der Waals surface area contributed by atoms with Crippen LogP contribution in [0.3, 0.4) is 0 Å². The van der Waals surface area contributed by atoms with Gasteiger partial charge in [0.2, 0.25) is 0 Å². The van der Waals surface area contributed by atoms with Gasteiger partial charge in [-0.05, 0) is 63.6 Å². The summed E-state index contributed by atoms with van der Waals surface area (Å²) in [5.41, 5.74) is 7.94. The Bertz CT molecular complexity index is 366. The van der Waals surface area contributed by atoms with Crippen LogP contribution in [-0.4, -0.2) is 49.1 Å². The highest BCUT2D eigenvalue weighted by Gasteiger charge is 2.21. The van der Waals surface area contributed by atoms with E-state index in [1.165, 1.54) is 38.0 Å². The largest absolute Gasteiger partial charge is 0.399 e. The molecule has 0 spiro atoms. The summed E-state index contributed by atoms with van der Waals surface area (Å²) < 4.78 is 0. The predicted octanol–water partition coefficient (Wildman–Crippen LogP) is 2.23. The van der Waals surface area contributed by atoms with Crippen molar-refractivity contribution >= 4 is 5.69 Å². The topological polar surface area (TPSA) is 32.5 Å².